The molecule has 4 N–H and O–H groups in total. The molecule has 2 aliphatic heterocycles. The quantitative estimate of drug-likeness (QED) is 0.0752. The summed E-state index contributed by atoms with van der Waals surface area (Å²) in [4.78, 5) is 63.0. The zero-order valence-corrected chi connectivity index (χ0v) is 42.5. The summed E-state index contributed by atoms with van der Waals surface area (Å²) in [6, 6.07) is 21.5. The van der Waals surface area contributed by atoms with E-state index in [1.165, 1.54) is 20.9 Å². The lowest BCUT2D eigenvalue weighted by Gasteiger charge is -2.35. The highest BCUT2D eigenvalue weighted by Crippen LogP contribution is 2.42. The van der Waals surface area contributed by atoms with E-state index in [4.69, 9.17) is 21.3 Å². The van der Waals surface area contributed by atoms with Gasteiger partial charge in [-0.25, -0.2) is 0 Å². The number of amides is 4. The molecule has 366 valence electrons. The zero-order valence-electron chi connectivity index (χ0n) is 40.9. The van der Waals surface area contributed by atoms with Gasteiger partial charge >= 0.3 is 0 Å². The second kappa shape index (κ2) is 20.9. The minimum atomic E-state index is -0.997. The second-order valence-electron chi connectivity index (χ2n) is 19.6. The van der Waals surface area contributed by atoms with Crippen LogP contribution < -0.4 is 20.7 Å². The Kier molecular flexibility index (Phi) is 14.9. The van der Waals surface area contributed by atoms with Gasteiger partial charge in [0, 0.05) is 58.2 Å². The second-order valence-corrected chi connectivity index (χ2v) is 20.9. The van der Waals surface area contributed by atoms with Gasteiger partial charge in [-0.15, -0.1) is 21.5 Å². The third-order valence-electron chi connectivity index (χ3n) is 13.3. The molecule has 3 aromatic carbocycles. The molecule has 0 bridgehead atoms. The first-order valence-electron chi connectivity index (χ1n) is 23.8. The van der Waals surface area contributed by atoms with Crippen LogP contribution in [0.5, 0.6) is 5.75 Å². The summed E-state index contributed by atoms with van der Waals surface area (Å²) in [5.74, 6) is 0.436. The van der Waals surface area contributed by atoms with E-state index in [1.807, 2.05) is 83.1 Å². The summed E-state index contributed by atoms with van der Waals surface area (Å²) < 4.78 is 8.02. The highest BCUT2D eigenvalue weighted by molar-refractivity contribution is 7.13. The van der Waals surface area contributed by atoms with Crippen molar-refractivity contribution in [3.63, 3.8) is 0 Å². The number of carbonyl (C=O) groups excluding carboxylic acids is 4. The molecule has 5 atom stereocenters. The number of aryl methyl sites for hydroxylation is 2. The lowest BCUT2D eigenvalue weighted by Crippen LogP contribution is -2.57. The fourth-order valence-electron chi connectivity index (χ4n) is 9.34. The Morgan fingerprint density at radius 3 is 2.29 bits per heavy atom. The smallest absolute Gasteiger partial charge is 0.251 e. The standard InChI is InChI=1S/C54H61ClN8O6S/c1-30-22-25-70-48(30)37-12-10-35(11-13-37)33(4)57-52(67)44-27-40(64)29-62(44)53(68)49(54(6,7)8)59-51(66)38-16-20-41(21-17-38)69-24-9-23-56-45(65)28-42-50-61-60-34(5)63(50)43-26-31(2)32(3)46(43)47(58-42)36-14-18-39(55)19-15-36/h10-22,25,33,40,42,44,49,64H,9,23-24,26-29H2,1-8H3,(H,56,65)(H,57,67)(H,59,66)/t33?,40-,42?,44+,49-/m1/s1. The largest absolute Gasteiger partial charge is 0.494 e. The van der Waals surface area contributed by atoms with E-state index < -0.39 is 41.5 Å². The van der Waals surface area contributed by atoms with Crippen molar-refractivity contribution < 1.29 is 29.0 Å². The predicted octanol–water partition coefficient (Wildman–Crippen LogP) is 8.73. The van der Waals surface area contributed by atoms with E-state index in [0.29, 0.717) is 41.7 Å². The molecule has 1 saturated heterocycles. The number of halogens is 1. The lowest BCUT2D eigenvalue weighted by molar-refractivity contribution is -0.142. The van der Waals surface area contributed by atoms with E-state index in [9.17, 15) is 24.3 Å². The number of nitrogens with one attached hydrogen (secondary N) is 3. The number of thiophene rings is 1. The summed E-state index contributed by atoms with van der Waals surface area (Å²) in [6.45, 7) is 16.3. The number of likely N-dealkylation sites (tertiary alicyclic amines) is 1. The van der Waals surface area contributed by atoms with Crippen LogP contribution in [-0.2, 0) is 14.4 Å². The summed E-state index contributed by atoms with van der Waals surface area (Å²) in [5, 5.41) is 31.3. The highest BCUT2D eigenvalue weighted by atomic mass is 35.5. The number of aromatic nitrogens is 3. The van der Waals surface area contributed by atoms with Crippen molar-refractivity contribution >= 4 is 58.0 Å². The average molecular weight is 986 g/mol. The number of aliphatic hydroxyl groups is 1. The van der Waals surface area contributed by atoms with Crippen molar-refractivity contribution in [3.8, 4) is 16.2 Å². The molecular weight excluding hydrogens is 924 g/mol. The number of nitrogens with zero attached hydrogens (tertiary/aromatic N) is 5. The first-order chi connectivity index (χ1) is 33.4. The van der Waals surface area contributed by atoms with Crippen LogP contribution in [0, 0.1) is 19.3 Å². The first kappa shape index (κ1) is 50.0. The summed E-state index contributed by atoms with van der Waals surface area (Å²) in [6.07, 6.45) is 0.523. The highest BCUT2D eigenvalue weighted by Gasteiger charge is 2.45. The molecule has 0 saturated carbocycles. The number of β-amino-alcohol motifs (C(OH)–C–C–N with tert-alkyl or cyclic N) is 1. The first-order valence-corrected chi connectivity index (χ1v) is 25.0. The number of fused-ring (bicyclic) bond motifs is 2. The lowest BCUT2D eigenvalue weighted by atomic mass is 9.85. The van der Waals surface area contributed by atoms with Gasteiger partial charge in [-0.1, -0.05) is 74.3 Å². The number of ether oxygens (including phenoxy) is 1. The number of benzene rings is 3. The molecule has 5 aromatic rings. The van der Waals surface area contributed by atoms with Crippen LogP contribution in [0.2, 0.25) is 5.02 Å². The molecule has 4 amide bonds. The maximum atomic E-state index is 14.3. The Bertz CT molecular complexity index is 2880. The van der Waals surface area contributed by atoms with E-state index in [0.717, 1.165) is 51.5 Å². The van der Waals surface area contributed by atoms with Crippen LogP contribution in [-0.4, -0.2) is 92.0 Å². The zero-order chi connectivity index (χ0) is 50.0. The van der Waals surface area contributed by atoms with Crippen LogP contribution in [0.15, 0.2) is 106 Å². The molecular formula is C54H61ClN8O6S. The minimum Gasteiger partial charge on any atom is -0.494 e. The van der Waals surface area contributed by atoms with Gasteiger partial charge in [0.05, 0.1) is 30.9 Å². The molecule has 16 heteroatoms. The van der Waals surface area contributed by atoms with Gasteiger partial charge in [0.1, 0.15) is 29.7 Å². The van der Waals surface area contributed by atoms with Crippen LogP contribution in [0.1, 0.15) is 118 Å². The van der Waals surface area contributed by atoms with E-state index >= 15 is 0 Å². The number of rotatable bonds is 15. The molecule has 70 heavy (non-hydrogen) atoms. The molecule has 2 unspecified atom stereocenters. The Balaban J connectivity index is 0.834. The van der Waals surface area contributed by atoms with Gasteiger partial charge in [0.15, 0.2) is 5.82 Å². The molecule has 2 aromatic heterocycles. The molecule has 4 heterocycles. The number of aliphatic hydroxyl groups excluding tert-OH is 1. The van der Waals surface area contributed by atoms with Gasteiger partial charge in [0.25, 0.3) is 5.91 Å². The normalized spacial score (nSPS) is 18.7. The Labute approximate surface area is 418 Å². The van der Waals surface area contributed by atoms with Crippen molar-refractivity contribution in [1.82, 2.24) is 35.6 Å². The predicted molar refractivity (Wildman–Crippen MR) is 274 cm³/mol. The number of aliphatic imine (C=N–C) groups is 1. The molecule has 0 spiro atoms. The molecule has 1 aliphatic carbocycles. The molecule has 14 nitrogen and oxygen atoms in total. The van der Waals surface area contributed by atoms with Gasteiger partial charge in [-0.2, -0.15) is 0 Å². The average Bonchev–Trinajstić information content (AvgIpc) is 4.10. The summed E-state index contributed by atoms with van der Waals surface area (Å²) in [5.41, 5.74) is 9.01. The summed E-state index contributed by atoms with van der Waals surface area (Å²) in [7, 11) is 0. The molecule has 3 aliphatic rings. The van der Waals surface area contributed by atoms with Crippen LogP contribution in [0.3, 0.4) is 0 Å². The Hall–Kier alpha value is -6.42. The van der Waals surface area contributed by atoms with Crippen LogP contribution in [0.25, 0.3) is 16.1 Å². The summed E-state index contributed by atoms with van der Waals surface area (Å²) >= 11 is 7.94. The maximum Gasteiger partial charge on any atom is 0.251 e. The number of hydrogen-bond donors (Lipinski definition) is 4. The minimum absolute atomic E-state index is 0.0280. The molecule has 0 radical (unpaired) electrons. The fourth-order valence-corrected chi connectivity index (χ4v) is 10.4. The maximum absolute atomic E-state index is 14.3. The van der Waals surface area contributed by atoms with E-state index in [1.54, 1.807) is 35.6 Å². The van der Waals surface area contributed by atoms with E-state index in [2.05, 4.69) is 62.9 Å². The number of allylic oxidation sites excluding steroid dienone is 4. The SMILES string of the molecule is CC1=C(C)C2=C(C1)n1c(C)nnc1C(CC(=O)NCCCOc1ccc(C(=O)N[C@H](C(=O)N3C[C@H](O)C[C@H]3C(=O)NC(C)c3ccc(-c4sccc4C)cc3)C(C)(C)C)cc1)N=C2c1ccc(Cl)cc1. The van der Waals surface area contributed by atoms with Crippen molar-refractivity contribution in [3.05, 3.63) is 140 Å². The van der Waals surface area contributed by atoms with Crippen LogP contribution in [0.4, 0.5) is 0 Å². The van der Waals surface area contributed by atoms with Crippen molar-refractivity contribution in [2.45, 2.75) is 111 Å². The van der Waals surface area contributed by atoms with Crippen LogP contribution >= 0.6 is 22.9 Å². The van der Waals surface area contributed by atoms with Gasteiger partial charge in [-0.05, 0) is 117 Å². The van der Waals surface area contributed by atoms with Crippen molar-refractivity contribution in [2.75, 3.05) is 19.7 Å². The number of carbonyl (C=O) groups is 4. The van der Waals surface area contributed by atoms with Gasteiger partial charge in [0.2, 0.25) is 17.7 Å². The van der Waals surface area contributed by atoms with Crippen molar-refractivity contribution in [2.24, 2.45) is 10.4 Å². The monoisotopic (exact) mass is 984 g/mol. The number of hydrogen-bond acceptors (Lipinski definition) is 10. The third kappa shape index (κ3) is 10.8. The van der Waals surface area contributed by atoms with Crippen molar-refractivity contribution in [1.29, 1.82) is 0 Å². The third-order valence-corrected chi connectivity index (χ3v) is 14.7. The fraction of sp³-hybridized carbons (Fsp3) is 0.389. The van der Waals surface area contributed by atoms with E-state index in [-0.39, 0.29) is 37.2 Å². The Morgan fingerprint density at radius 2 is 1.61 bits per heavy atom. The molecule has 8 rings (SSSR count). The topological polar surface area (TPSA) is 180 Å². The van der Waals surface area contributed by atoms with Gasteiger partial charge in [-0.3, -0.25) is 28.7 Å². The molecule has 1 fully saturated rings. The Morgan fingerprint density at radius 1 is 0.914 bits per heavy atom. The van der Waals surface area contributed by atoms with Gasteiger partial charge < -0.3 is 30.7 Å².